The molecule has 27 heavy (non-hydrogen) atoms. The number of aromatic nitrogens is 2. The molecule has 1 aromatic heterocycles. The predicted molar refractivity (Wildman–Crippen MR) is 90.9 cm³/mol. The molecular formula is C17H19F3N4O3. The third-order valence-corrected chi connectivity index (χ3v) is 3.88. The van der Waals surface area contributed by atoms with E-state index in [1.807, 2.05) is 0 Å². The van der Waals surface area contributed by atoms with Gasteiger partial charge in [-0.05, 0) is 18.2 Å². The van der Waals surface area contributed by atoms with E-state index in [9.17, 15) is 27.9 Å². The molecule has 2 amide bonds. The number of carbonyl (C=O) groups is 2. The van der Waals surface area contributed by atoms with E-state index in [0.717, 1.165) is 10.8 Å². The van der Waals surface area contributed by atoms with Crippen molar-refractivity contribution >= 4 is 17.5 Å². The number of imidazole rings is 1. The van der Waals surface area contributed by atoms with E-state index in [1.54, 1.807) is 14.1 Å². The summed E-state index contributed by atoms with van der Waals surface area (Å²) in [6.45, 7) is 0. The lowest BCUT2D eigenvalue weighted by molar-refractivity contribution is -0.270. The third-order valence-electron chi connectivity index (χ3n) is 3.88. The first-order chi connectivity index (χ1) is 12.5. The lowest BCUT2D eigenvalue weighted by Gasteiger charge is -2.29. The van der Waals surface area contributed by atoms with Gasteiger partial charge in [-0.15, -0.1) is 0 Å². The highest BCUT2D eigenvalue weighted by Gasteiger charge is 2.58. The molecule has 2 N–H and O–H groups in total. The van der Waals surface area contributed by atoms with E-state index in [4.69, 9.17) is 0 Å². The largest absolute Gasteiger partial charge is 0.425 e. The fraction of sp³-hybridized carbons (Fsp3) is 0.353. The summed E-state index contributed by atoms with van der Waals surface area (Å²) in [6.07, 6.45) is -4.07. The van der Waals surface area contributed by atoms with Crippen molar-refractivity contribution in [2.45, 2.75) is 18.2 Å². The number of aryl methyl sites for hydroxylation is 1. The Bertz CT molecular complexity index is 848. The Morgan fingerprint density at radius 1 is 1.30 bits per heavy atom. The number of anilines is 1. The highest BCUT2D eigenvalue weighted by atomic mass is 19.4. The van der Waals surface area contributed by atoms with Gasteiger partial charge >= 0.3 is 6.18 Å². The van der Waals surface area contributed by atoms with Gasteiger partial charge in [-0.25, -0.2) is 4.98 Å². The van der Waals surface area contributed by atoms with Gasteiger partial charge in [0.15, 0.2) is 5.82 Å². The van der Waals surface area contributed by atoms with Crippen LogP contribution in [0.2, 0.25) is 0 Å². The van der Waals surface area contributed by atoms with Gasteiger partial charge in [0, 0.05) is 44.8 Å². The molecule has 146 valence electrons. The maximum absolute atomic E-state index is 13.5. The first kappa shape index (κ1) is 20.4. The van der Waals surface area contributed by atoms with Crippen LogP contribution in [0.3, 0.4) is 0 Å². The first-order valence-electron chi connectivity index (χ1n) is 7.84. The number of carbonyl (C=O) groups excluding carboxylic acids is 2. The van der Waals surface area contributed by atoms with Crippen LogP contribution in [0, 0.1) is 0 Å². The molecule has 1 unspecified atom stereocenters. The Morgan fingerprint density at radius 2 is 1.96 bits per heavy atom. The van der Waals surface area contributed by atoms with Gasteiger partial charge in [-0.1, -0.05) is 6.07 Å². The second-order valence-electron chi connectivity index (χ2n) is 6.23. The van der Waals surface area contributed by atoms with Gasteiger partial charge in [0.1, 0.15) is 0 Å². The van der Waals surface area contributed by atoms with E-state index in [1.165, 1.54) is 42.4 Å². The minimum Gasteiger partial charge on any atom is -0.374 e. The zero-order chi connectivity index (χ0) is 20.4. The first-order valence-corrected chi connectivity index (χ1v) is 7.84. The summed E-state index contributed by atoms with van der Waals surface area (Å²) >= 11 is 0. The van der Waals surface area contributed by atoms with Crippen LogP contribution in [0.15, 0.2) is 36.7 Å². The Morgan fingerprint density at radius 3 is 2.48 bits per heavy atom. The summed E-state index contributed by atoms with van der Waals surface area (Å²) in [4.78, 5) is 29.0. The van der Waals surface area contributed by atoms with Crippen molar-refractivity contribution in [3.8, 4) is 0 Å². The molecular weight excluding hydrogens is 365 g/mol. The smallest absolute Gasteiger partial charge is 0.374 e. The number of hydrogen-bond donors (Lipinski definition) is 2. The maximum atomic E-state index is 13.5. The van der Waals surface area contributed by atoms with E-state index in [-0.39, 0.29) is 17.2 Å². The van der Waals surface area contributed by atoms with E-state index < -0.39 is 29.9 Å². The van der Waals surface area contributed by atoms with E-state index >= 15 is 0 Å². The summed E-state index contributed by atoms with van der Waals surface area (Å²) in [5.74, 6) is -2.10. The average Bonchev–Trinajstić information content (AvgIpc) is 2.99. The Balaban J connectivity index is 2.24. The van der Waals surface area contributed by atoms with Gasteiger partial charge in [-0.3, -0.25) is 9.59 Å². The monoisotopic (exact) mass is 384 g/mol. The van der Waals surface area contributed by atoms with Crippen molar-refractivity contribution < 1.29 is 27.9 Å². The van der Waals surface area contributed by atoms with Crippen molar-refractivity contribution in [1.29, 1.82) is 0 Å². The summed E-state index contributed by atoms with van der Waals surface area (Å²) in [7, 11) is 4.38. The molecule has 1 aromatic carbocycles. The number of hydrogen-bond acceptors (Lipinski definition) is 4. The average molecular weight is 384 g/mol. The van der Waals surface area contributed by atoms with Crippen LogP contribution in [0.4, 0.5) is 18.9 Å². The molecule has 0 aliphatic carbocycles. The van der Waals surface area contributed by atoms with Crippen LogP contribution in [0.25, 0.3) is 0 Å². The minimum absolute atomic E-state index is 0.136. The predicted octanol–water partition coefficient (Wildman–Crippen LogP) is 1.90. The Labute approximate surface area is 153 Å². The maximum Gasteiger partial charge on any atom is 0.425 e. The van der Waals surface area contributed by atoms with Gasteiger partial charge in [0.2, 0.25) is 11.5 Å². The minimum atomic E-state index is -5.12. The second-order valence-corrected chi connectivity index (χ2v) is 6.23. The zero-order valence-corrected chi connectivity index (χ0v) is 14.9. The number of alkyl halides is 3. The molecule has 0 radical (unpaired) electrons. The summed E-state index contributed by atoms with van der Waals surface area (Å²) in [6, 6.07) is 5.77. The highest BCUT2D eigenvalue weighted by molar-refractivity contribution is 5.97. The lowest BCUT2D eigenvalue weighted by atomic mass is 9.97. The molecule has 2 rings (SSSR count). The van der Waals surface area contributed by atoms with Gasteiger partial charge in [0.25, 0.3) is 5.91 Å². The van der Waals surface area contributed by atoms with Crippen molar-refractivity contribution in [1.82, 2.24) is 14.5 Å². The molecule has 1 atom stereocenters. The standard InChI is InChI=1S/C17H19F3N4O3/c1-23(2)14(26)11-5-4-6-12(9-11)22-13(25)10-16(27,17(18,19)20)15-21-7-8-24(15)3/h4-9,27H,10H2,1-3H3,(H,22,25). The highest BCUT2D eigenvalue weighted by Crippen LogP contribution is 2.40. The van der Waals surface area contributed by atoms with Crippen molar-refractivity contribution in [2.75, 3.05) is 19.4 Å². The molecule has 0 aliphatic heterocycles. The van der Waals surface area contributed by atoms with Crippen LogP contribution in [-0.4, -0.2) is 51.6 Å². The van der Waals surface area contributed by atoms with Crippen LogP contribution in [0.5, 0.6) is 0 Å². The Kier molecular flexibility index (Phi) is 5.59. The molecule has 7 nitrogen and oxygen atoms in total. The summed E-state index contributed by atoms with van der Waals surface area (Å²) < 4.78 is 41.4. The number of halogens is 3. The molecule has 0 aliphatic rings. The number of amides is 2. The van der Waals surface area contributed by atoms with E-state index in [2.05, 4.69) is 10.3 Å². The fourth-order valence-corrected chi connectivity index (χ4v) is 2.50. The van der Waals surface area contributed by atoms with Crippen LogP contribution in [0.1, 0.15) is 22.6 Å². The quantitative estimate of drug-likeness (QED) is 0.824. The second kappa shape index (κ2) is 7.39. The van der Waals surface area contributed by atoms with Gasteiger partial charge in [-0.2, -0.15) is 13.2 Å². The van der Waals surface area contributed by atoms with Crippen LogP contribution < -0.4 is 5.32 Å². The summed E-state index contributed by atoms with van der Waals surface area (Å²) in [5.41, 5.74) is -3.06. The van der Waals surface area contributed by atoms with Crippen LogP contribution >= 0.6 is 0 Å². The topological polar surface area (TPSA) is 87.5 Å². The molecule has 0 fully saturated rings. The SMILES string of the molecule is CN(C)C(=O)c1cccc(NC(=O)CC(O)(c2nccn2C)C(F)(F)F)c1. The van der Waals surface area contributed by atoms with E-state index in [0.29, 0.717) is 0 Å². The van der Waals surface area contributed by atoms with Crippen molar-refractivity contribution in [3.05, 3.63) is 48.0 Å². The number of rotatable bonds is 5. The van der Waals surface area contributed by atoms with Gasteiger partial charge in [0.05, 0.1) is 6.42 Å². The summed E-state index contributed by atoms with van der Waals surface area (Å²) in [5, 5.41) is 12.5. The normalized spacial score (nSPS) is 13.7. The molecule has 10 heteroatoms. The molecule has 2 aromatic rings. The van der Waals surface area contributed by atoms with Crippen molar-refractivity contribution in [2.24, 2.45) is 7.05 Å². The molecule has 0 spiro atoms. The number of benzene rings is 1. The Hall–Kier alpha value is -2.88. The molecule has 0 bridgehead atoms. The lowest BCUT2D eigenvalue weighted by Crippen LogP contribution is -2.46. The van der Waals surface area contributed by atoms with Gasteiger partial charge < -0.3 is 19.9 Å². The molecule has 0 saturated heterocycles. The molecule has 0 saturated carbocycles. The zero-order valence-electron chi connectivity index (χ0n) is 14.9. The number of nitrogens with one attached hydrogen (secondary N) is 1. The third kappa shape index (κ3) is 4.27. The van der Waals surface area contributed by atoms with Crippen molar-refractivity contribution in [3.63, 3.8) is 0 Å². The fourth-order valence-electron chi connectivity index (χ4n) is 2.50. The number of aliphatic hydroxyl groups is 1. The van der Waals surface area contributed by atoms with Crippen LogP contribution in [-0.2, 0) is 17.4 Å². The number of nitrogens with zero attached hydrogens (tertiary/aromatic N) is 3. The molecule has 1 heterocycles.